The highest BCUT2D eigenvalue weighted by molar-refractivity contribution is 8.00. The van der Waals surface area contributed by atoms with Crippen molar-refractivity contribution in [1.82, 2.24) is 20.4 Å². The molecular weight excluding hydrogens is 294 g/mol. The van der Waals surface area contributed by atoms with E-state index in [1.165, 1.54) is 64.2 Å². The van der Waals surface area contributed by atoms with E-state index in [4.69, 9.17) is 0 Å². The number of nitrogens with zero attached hydrogens (tertiary/aromatic N) is 3. The summed E-state index contributed by atoms with van der Waals surface area (Å²) in [4.78, 5) is 9.35. The predicted octanol–water partition coefficient (Wildman–Crippen LogP) is 1.07. The van der Waals surface area contributed by atoms with Gasteiger partial charge in [0.1, 0.15) is 0 Å². The minimum absolute atomic E-state index is 0.771. The summed E-state index contributed by atoms with van der Waals surface area (Å²) >= 11 is 2.09. The molecule has 2 aliphatic heterocycles. The van der Waals surface area contributed by atoms with Gasteiger partial charge in [-0.1, -0.05) is 0 Å². The Balaban J connectivity index is 1.54. The van der Waals surface area contributed by atoms with E-state index in [0.29, 0.717) is 0 Å². The monoisotopic (exact) mass is 327 g/mol. The molecule has 0 spiro atoms. The zero-order valence-electron chi connectivity index (χ0n) is 14.3. The van der Waals surface area contributed by atoms with Crippen LogP contribution >= 0.6 is 11.8 Å². The lowest BCUT2D eigenvalue weighted by Crippen LogP contribution is -2.41. The van der Waals surface area contributed by atoms with Crippen molar-refractivity contribution < 1.29 is 0 Å². The standard InChI is InChI=1S/C16H33N5S/c1-17-16(19-14-15-6-3-13-22-15)18-7-4-9-21-10-5-8-20(2)11-12-21/h15H,3-14H2,1-2H3,(H2,17,18,19). The Morgan fingerprint density at radius 1 is 1.18 bits per heavy atom. The van der Waals surface area contributed by atoms with Crippen molar-refractivity contribution in [3.8, 4) is 0 Å². The van der Waals surface area contributed by atoms with E-state index < -0.39 is 0 Å². The van der Waals surface area contributed by atoms with Crippen LogP contribution in [0.3, 0.4) is 0 Å². The summed E-state index contributed by atoms with van der Waals surface area (Å²) in [7, 11) is 4.09. The van der Waals surface area contributed by atoms with Gasteiger partial charge in [-0.2, -0.15) is 11.8 Å². The van der Waals surface area contributed by atoms with Gasteiger partial charge in [-0.15, -0.1) is 0 Å². The van der Waals surface area contributed by atoms with Gasteiger partial charge in [-0.05, 0) is 58.1 Å². The Labute approximate surface area is 140 Å². The van der Waals surface area contributed by atoms with Crippen molar-refractivity contribution in [3.63, 3.8) is 0 Å². The summed E-state index contributed by atoms with van der Waals surface area (Å²) in [6, 6.07) is 0. The molecule has 5 nitrogen and oxygen atoms in total. The summed E-state index contributed by atoms with van der Waals surface area (Å²) in [5.74, 6) is 2.28. The molecule has 2 N–H and O–H groups in total. The Bertz CT molecular complexity index is 330. The van der Waals surface area contributed by atoms with Gasteiger partial charge in [-0.25, -0.2) is 0 Å². The fourth-order valence-electron chi connectivity index (χ4n) is 3.07. The van der Waals surface area contributed by atoms with Gasteiger partial charge >= 0.3 is 0 Å². The zero-order chi connectivity index (χ0) is 15.6. The van der Waals surface area contributed by atoms with Crippen LogP contribution < -0.4 is 10.6 Å². The molecule has 128 valence electrons. The predicted molar refractivity (Wildman–Crippen MR) is 98.0 cm³/mol. The van der Waals surface area contributed by atoms with Gasteiger partial charge in [0.15, 0.2) is 5.96 Å². The van der Waals surface area contributed by atoms with Gasteiger partial charge in [0.25, 0.3) is 0 Å². The Morgan fingerprint density at radius 3 is 2.86 bits per heavy atom. The van der Waals surface area contributed by atoms with Gasteiger partial charge < -0.3 is 20.4 Å². The molecular formula is C16H33N5S. The molecule has 0 radical (unpaired) electrons. The fraction of sp³-hybridized carbons (Fsp3) is 0.938. The minimum Gasteiger partial charge on any atom is -0.356 e. The van der Waals surface area contributed by atoms with Crippen LogP contribution in [0.5, 0.6) is 0 Å². The molecule has 0 aromatic heterocycles. The van der Waals surface area contributed by atoms with E-state index >= 15 is 0 Å². The van der Waals surface area contributed by atoms with E-state index in [0.717, 1.165) is 24.3 Å². The zero-order valence-corrected chi connectivity index (χ0v) is 15.1. The summed E-state index contributed by atoms with van der Waals surface area (Å²) in [5, 5.41) is 7.68. The third-order valence-electron chi connectivity index (χ3n) is 4.50. The topological polar surface area (TPSA) is 42.9 Å². The second kappa shape index (κ2) is 10.3. The van der Waals surface area contributed by atoms with Crippen LogP contribution in [0.25, 0.3) is 0 Å². The van der Waals surface area contributed by atoms with Crippen LogP contribution in [0, 0.1) is 0 Å². The molecule has 1 atom stereocenters. The van der Waals surface area contributed by atoms with E-state index in [-0.39, 0.29) is 0 Å². The van der Waals surface area contributed by atoms with Crippen LogP contribution in [-0.2, 0) is 0 Å². The second-order valence-corrected chi connectivity index (χ2v) is 7.78. The lowest BCUT2D eigenvalue weighted by molar-refractivity contribution is 0.274. The molecule has 0 aromatic carbocycles. The summed E-state index contributed by atoms with van der Waals surface area (Å²) < 4.78 is 0. The Morgan fingerprint density at radius 2 is 2.09 bits per heavy atom. The van der Waals surface area contributed by atoms with Crippen molar-refractivity contribution >= 4 is 17.7 Å². The highest BCUT2D eigenvalue weighted by Crippen LogP contribution is 2.25. The summed E-state index contributed by atoms with van der Waals surface area (Å²) in [6.07, 6.45) is 5.20. The lowest BCUT2D eigenvalue weighted by atomic mass is 10.2. The first kappa shape index (κ1) is 17.9. The van der Waals surface area contributed by atoms with Crippen molar-refractivity contribution in [3.05, 3.63) is 0 Å². The average molecular weight is 328 g/mol. The molecule has 0 aliphatic carbocycles. The van der Waals surface area contributed by atoms with Crippen molar-refractivity contribution in [1.29, 1.82) is 0 Å². The van der Waals surface area contributed by atoms with Crippen molar-refractivity contribution in [2.24, 2.45) is 4.99 Å². The Hall–Kier alpha value is -0.460. The fourth-order valence-corrected chi connectivity index (χ4v) is 4.27. The third kappa shape index (κ3) is 6.75. The largest absolute Gasteiger partial charge is 0.356 e. The van der Waals surface area contributed by atoms with E-state index in [1.807, 2.05) is 7.05 Å². The maximum Gasteiger partial charge on any atom is 0.191 e. The van der Waals surface area contributed by atoms with Gasteiger partial charge in [0.05, 0.1) is 0 Å². The third-order valence-corrected chi connectivity index (χ3v) is 5.90. The van der Waals surface area contributed by atoms with Gasteiger partial charge in [-0.3, -0.25) is 4.99 Å². The van der Waals surface area contributed by atoms with Crippen LogP contribution in [0.1, 0.15) is 25.7 Å². The van der Waals surface area contributed by atoms with Crippen LogP contribution in [0.15, 0.2) is 4.99 Å². The summed E-state index contributed by atoms with van der Waals surface area (Å²) in [5.41, 5.74) is 0. The van der Waals surface area contributed by atoms with Gasteiger partial charge in [0, 0.05) is 38.5 Å². The van der Waals surface area contributed by atoms with Crippen LogP contribution in [0.4, 0.5) is 0 Å². The summed E-state index contributed by atoms with van der Waals surface area (Å²) in [6.45, 7) is 8.14. The molecule has 22 heavy (non-hydrogen) atoms. The first-order valence-electron chi connectivity index (χ1n) is 8.75. The molecule has 0 bridgehead atoms. The number of hydrogen-bond donors (Lipinski definition) is 2. The SMILES string of the molecule is CN=C(NCCCN1CCCN(C)CC1)NCC1CCCS1. The number of thioether (sulfide) groups is 1. The molecule has 2 aliphatic rings. The molecule has 0 aromatic rings. The van der Waals surface area contributed by atoms with Crippen molar-refractivity contribution in [2.45, 2.75) is 30.9 Å². The lowest BCUT2D eigenvalue weighted by Gasteiger charge is -2.20. The number of aliphatic imine (C=N–C) groups is 1. The first-order chi connectivity index (χ1) is 10.8. The second-order valence-electron chi connectivity index (χ2n) is 6.37. The minimum atomic E-state index is 0.771. The molecule has 6 heteroatoms. The number of rotatable bonds is 6. The number of hydrogen-bond acceptors (Lipinski definition) is 4. The maximum atomic E-state index is 4.32. The molecule has 2 heterocycles. The molecule has 0 saturated carbocycles. The number of guanidine groups is 1. The van der Waals surface area contributed by atoms with E-state index in [9.17, 15) is 0 Å². The van der Waals surface area contributed by atoms with Crippen LogP contribution in [0.2, 0.25) is 0 Å². The maximum absolute atomic E-state index is 4.32. The molecule has 2 rings (SSSR count). The normalized spacial score (nSPS) is 25.2. The van der Waals surface area contributed by atoms with Crippen molar-refractivity contribution in [2.75, 3.05) is 65.7 Å². The number of nitrogens with one attached hydrogen (secondary N) is 2. The number of likely N-dealkylation sites (N-methyl/N-ethyl adjacent to an activating group) is 1. The molecule has 2 fully saturated rings. The van der Waals surface area contributed by atoms with Gasteiger partial charge in [0.2, 0.25) is 0 Å². The smallest absolute Gasteiger partial charge is 0.191 e. The molecule has 0 amide bonds. The first-order valence-corrected chi connectivity index (χ1v) is 9.80. The molecule has 1 unspecified atom stereocenters. The highest BCUT2D eigenvalue weighted by atomic mass is 32.2. The van der Waals surface area contributed by atoms with Crippen LogP contribution in [-0.4, -0.2) is 86.7 Å². The highest BCUT2D eigenvalue weighted by Gasteiger charge is 2.15. The van der Waals surface area contributed by atoms with E-state index in [2.05, 4.69) is 44.2 Å². The Kier molecular flexibility index (Phi) is 8.41. The van der Waals surface area contributed by atoms with E-state index in [1.54, 1.807) is 0 Å². The average Bonchev–Trinajstić information content (AvgIpc) is 2.96. The quantitative estimate of drug-likeness (QED) is 0.434. The molecule has 2 saturated heterocycles.